The Balaban J connectivity index is 2.08. The zero-order valence-corrected chi connectivity index (χ0v) is 11.6. The smallest absolute Gasteiger partial charge is 0.336 e. The van der Waals surface area contributed by atoms with Crippen LogP contribution in [0.25, 0.3) is 0 Å². The van der Waals surface area contributed by atoms with E-state index in [1.165, 1.54) is 36.3 Å². The highest BCUT2D eigenvalue weighted by molar-refractivity contribution is 5.97. The number of nitrogens with zero attached hydrogens (tertiary/aromatic N) is 1. The summed E-state index contributed by atoms with van der Waals surface area (Å²) in [4.78, 5) is 36.3. The van der Waals surface area contributed by atoms with Crippen LogP contribution in [0.2, 0.25) is 0 Å². The lowest BCUT2D eigenvalue weighted by molar-refractivity contribution is -0.158. The number of rotatable bonds is 3. The monoisotopic (exact) mass is 292 g/mol. The molecule has 2 amide bonds. The first-order valence-corrected chi connectivity index (χ1v) is 6.41. The number of benzene rings is 1. The van der Waals surface area contributed by atoms with Gasteiger partial charge in [-0.25, -0.2) is 4.79 Å². The van der Waals surface area contributed by atoms with E-state index in [0.29, 0.717) is 17.7 Å². The maximum Gasteiger partial charge on any atom is 0.336 e. The van der Waals surface area contributed by atoms with Crippen LogP contribution in [0, 0.1) is 0 Å². The number of hydrogen-bond acceptors (Lipinski definition) is 5. The molecular formula is C14H16N2O5. The van der Waals surface area contributed by atoms with Crippen molar-refractivity contribution in [2.75, 3.05) is 26.8 Å². The Hall–Kier alpha value is -2.41. The first kappa shape index (κ1) is 15.0. The molecule has 0 aliphatic carbocycles. The summed E-state index contributed by atoms with van der Waals surface area (Å²) in [5.74, 6) is -1.29. The Morgan fingerprint density at radius 1 is 1.24 bits per heavy atom. The summed E-state index contributed by atoms with van der Waals surface area (Å²) in [6.07, 6.45) is -0.766. The van der Waals surface area contributed by atoms with E-state index in [-0.39, 0.29) is 19.1 Å². The highest BCUT2D eigenvalue weighted by atomic mass is 16.6. The summed E-state index contributed by atoms with van der Waals surface area (Å²) in [6.45, 7) is 0.803. The van der Waals surface area contributed by atoms with Crippen LogP contribution < -0.4 is 5.73 Å². The minimum Gasteiger partial charge on any atom is -0.467 e. The Labute approximate surface area is 121 Å². The van der Waals surface area contributed by atoms with Crippen molar-refractivity contribution < 1.29 is 23.9 Å². The van der Waals surface area contributed by atoms with Gasteiger partial charge in [-0.1, -0.05) is 0 Å². The van der Waals surface area contributed by atoms with Crippen LogP contribution in [0.4, 0.5) is 0 Å². The Morgan fingerprint density at radius 3 is 2.43 bits per heavy atom. The standard InChI is InChI=1S/C14H16N2O5/c1-20-14(19)11-8-16(6-7-21-11)13(18)10-4-2-9(3-5-10)12(15)17/h2-5,11H,6-8H2,1H3,(H2,15,17). The van der Waals surface area contributed by atoms with Crippen molar-refractivity contribution in [3.63, 3.8) is 0 Å². The summed E-state index contributed by atoms with van der Waals surface area (Å²) in [5, 5.41) is 0. The minimum absolute atomic E-state index is 0.142. The fourth-order valence-corrected chi connectivity index (χ4v) is 2.07. The maximum absolute atomic E-state index is 12.3. The Bertz CT molecular complexity index is 555. The lowest BCUT2D eigenvalue weighted by Gasteiger charge is -2.31. The largest absolute Gasteiger partial charge is 0.467 e. The van der Waals surface area contributed by atoms with Crippen LogP contribution >= 0.6 is 0 Å². The molecule has 7 heteroatoms. The van der Waals surface area contributed by atoms with E-state index in [2.05, 4.69) is 4.74 Å². The van der Waals surface area contributed by atoms with E-state index in [1.54, 1.807) is 0 Å². The fraction of sp³-hybridized carbons (Fsp3) is 0.357. The number of carbonyl (C=O) groups is 3. The number of primary amides is 1. The van der Waals surface area contributed by atoms with Crippen molar-refractivity contribution in [3.05, 3.63) is 35.4 Å². The van der Waals surface area contributed by atoms with E-state index in [1.807, 2.05) is 0 Å². The first-order chi connectivity index (χ1) is 10.0. The van der Waals surface area contributed by atoms with Crippen LogP contribution in [0.3, 0.4) is 0 Å². The zero-order chi connectivity index (χ0) is 15.4. The van der Waals surface area contributed by atoms with Crippen molar-refractivity contribution in [1.82, 2.24) is 4.90 Å². The molecule has 2 N–H and O–H groups in total. The SMILES string of the molecule is COC(=O)C1CN(C(=O)c2ccc(C(N)=O)cc2)CCO1. The lowest BCUT2D eigenvalue weighted by atomic mass is 10.1. The molecule has 1 fully saturated rings. The molecule has 7 nitrogen and oxygen atoms in total. The second kappa shape index (κ2) is 6.36. The quantitative estimate of drug-likeness (QED) is 0.778. The van der Waals surface area contributed by atoms with E-state index in [4.69, 9.17) is 10.5 Å². The van der Waals surface area contributed by atoms with Gasteiger partial charge < -0.3 is 20.1 Å². The first-order valence-electron chi connectivity index (χ1n) is 6.41. The Morgan fingerprint density at radius 2 is 1.86 bits per heavy atom. The fourth-order valence-electron chi connectivity index (χ4n) is 2.07. The Kier molecular flexibility index (Phi) is 4.54. The maximum atomic E-state index is 12.3. The number of morpholine rings is 1. The molecule has 0 saturated carbocycles. The van der Waals surface area contributed by atoms with E-state index < -0.39 is 18.0 Å². The lowest BCUT2D eigenvalue weighted by Crippen LogP contribution is -2.48. The van der Waals surface area contributed by atoms with Gasteiger partial charge >= 0.3 is 5.97 Å². The number of esters is 1. The summed E-state index contributed by atoms with van der Waals surface area (Å²) >= 11 is 0. The molecule has 1 heterocycles. The molecule has 1 aliphatic rings. The number of carbonyl (C=O) groups excluding carboxylic acids is 3. The van der Waals surface area contributed by atoms with Crippen LogP contribution in [0.15, 0.2) is 24.3 Å². The van der Waals surface area contributed by atoms with Gasteiger partial charge in [0.15, 0.2) is 6.10 Å². The van der Waals surface area contributed by atoms with Crippen LogP contribution in [0.1, 0.15) is 20.7 Å². The van der Waals surface area contributed by atoms with Crippen molar-refractivity contribution >= 4 is 17.8 Å². The van der Waals surface area contributed by atoms with E-state index in [0.717, 1.165) is 0 Å². The normalized spacial score (nSPS) is 18.1. The summed E-state index contributed by atoms with van der Waals surface area (Å²) in [5.41, 5.74) is 5.90. The van der Waals surface area contributed by atoms with Gasteiger partial charge in [0.25, 0.3) is 5.91 Å². The average Bonchev–Trinajstić information content (AvgIpc) is 2.53. The molecule has 1 aromatic rings. The minimum atomic E-state index is -0.766. The van der Waals surface area contributed by atoms with Gasteiger partial charge in [-0.05, 0) is 24.3 Å². The number of amides is 2. The molecule has 1 aliphatic heterocycles. The highest BCUT2D eigenvalue weighted by Crippen LogP contribution is 2.12. The van der Waals surface area contributed by atoms with Crippen molar-refractivity contribution in [2.45, 2.75) is 6.10 Å². The molecule has 1 saturated heterocycles. The van der Waals surface area contributed by atoms with Crippen LogP contribution in [-0.2, 0) is 14.3 Å². The van der Waals surface area contributed by atoms with Crippen LogP contribution in [0.5, 0.6) is 0 Å². The second-order valence-electron chi connectivity index (χ2n) is 4.58. The molecular weight excluding hydrogens is 276 g/mol. The summed E-state index contributed by atoms with van der Waals surface area (Å²) in [6, 6.07) is 6.05. The highest BCUT2D eigenvalue weighted by Gasteiger charge is 2.30. The van der Waals surface area contributed by atoms with Crippen molar-refractivity contribution in [1.29, 1.82) is 0 Å². The molecule has 1 aromatic carbocycles. The number of nitrogens with two attached hydrogens (primary N) is 1. The predicted octanol–water partition coefficient (Wildman–Crippen LogP) is -0.200. The zero-order valence-electron chi connectivity index (χ0n) is 11.6. The van der Waals surface area contributed by atoms with Gasteiger partial charge in [-0.3, -0.25) is 9.59 Å². The molecule has 2 rings (SSSR count). The van der Waals surface area contributed by atoms with Crippen molar-refractivity contribution in [3.8, 4) is 0 Å². The van der Waals surface area contributed by atoms with Gasteiger partial charge in [-0.15, -0.1) is 0 Å². The molecule has 1 unspecified atom stereocenters. The third kappa shape index (κ3) is 3.38. The number of ether oxygens (including phenoxy) is 2. The van der Waals surface area contributed by atoms with Gasteiger partial charge in [0.05, 0.1) is 20.3 Å². The molecule has 21 heavy (non-hydrogen) atoms. The van der Waals surface area contributed by atoms with Crippen LogP contribution in [-0.4, -0.2) is 55.6 Å². The molecule has 0 aromatic heterocycles. The average molecular weight is 292 g/mol. The number of hydrogen-bond donors (Lipinski definition) is 1. The number of methoxy groups -OCH3 is 1. The topological polar surface area (TPSA) is 98.9 Å². The van der Waals surface area contributed by atoms with Gasteiger partial charge in [-0.2, -0.15) is 0 Å². The van der Waals surface area contributed by atoms with Crippen molar-refractivity contribution in [2.24, 2.45) is 5.73 Å². The molecule has 0 radical (unpaired) electrons. The second-order valence-corrected chi connectivity index (χ2v) is 4.58. The predicted molar refractivity (Wildman–Crippen MR) is 72.6 cm³/mol. The third-order valence-corrected chi connectivity index (χ3v) is 3.23. The van der Waals surface area contributed by atoms with Gasteiger partial charge in [0, 0.05) is 17.7 Å². The van der Waals surface area contributed by atoms with E-state index >= 15 is 0 Å². The summed E-state index contributed by atoms with van der Waals surface area (Å²) in [7, 11) is 1.27. The molecule has 0 spiro atoms. The van der Waals surface area contributed by atoms with Gasteiger partial charge in [0.1, 0.15) is 0 Å². The van der Waals surface area contributed by atoms with E-state index in [9.17, 15) is 14.4 Å². The molecule has 1 atom stereocenters. The third-order valence-electron chi connectivity index (χ3n) is 3.23. The molecule has 0 bridgehead atoms. The molecule has 112 valence electrons. The summed E-state index contributed by atoms with van der Waals surface area (Å²) < 4.78 is 9.88. The van der Waals surface area contributed by atoms with Gasteiger partial charge in [0.2, 0.25) is 5.91 Å².